The minimum Gasteiger partial charge on any atom is -0.381 e. The van der Waals surface area contributed by atoms with Gasteiger partial charge in [0.15, 0.2) is 11.6 Å². The van der Waals surface area contributed by atoms with Crippen molar-refractivity contribution in [2.24, 2.45) is 7.05 Å². The molecule has 0 radical (unpaired) electrons. The first-order valence-electron chi connectivity index (χ1n) is 5.09. The van der Waals surface area contributed by atoms with E-state index in [1.807, 2.05) is 0 Å². The summed E-state index contributed by atoms with van der Waals surface area (Å²) in [6.45, 7) is 1.76. The Morgan fingerprint density at radius 3 is 2.78 bits per heavy atom. The first-order chi connectivity index (χ1) is 8.38. The molecule has 9 heteroatoms. The molecule has 2 rings (SSSR count). The van der Waals surface area contributed by atoms with E-state index in [-0.39, 0.29) is 17.3 Å². The second-order valence-electron chi connectivity index (χ2n) is 3.81. The second kappa shape index (κ2) is 4.42. The molecule has 0 aliphatic carbocycles. The Morgan fingerprint density at radius 1 is 1.56 bits per heavy atom. The van der Waals surface area contributed by atoms with Gasteiger partial charge in [-0.15, -0.1) is 0 Å². The number of anilines is 1. The fraction of sp³-hybridized carbons (Fsp3) is 0.333. The monoisotopic (exact) mass is 271 g/mol. The van der Waals surface area contributed by atoms with Gasteiger partial charge in [-0.05, 0) is 6.92 Å². The van der Waals surface area contributed by atoms with Gasteiger partial charge >= 0.3 is 0 Å². The maximum Gasteiger partial charge on any atom is 0.246 e. The number of sulfonamides is 1. The smallest absolute Gasteiger partial charge is 0.246 e. The van der Waals surface area contributed by atoms with Crippen LogP contribution in [0.4, 0.5) is 5.82 Å². The van der Waals surface area contributed by atoms with E-state index in [0.29, 0.717) is 11.5 Å². The van der Waals surface area contributed by atoms with E-state index in [1.165, 1.54) is 10.9 Å². The van der Waals surface area contributed by atoms with Crippen LogP contribution in [0.25, 0.3) is 0 Å². The molecule has 0 aliphatic heterocycles. The zero-order valence-electron chi connectivity index (χ0n) is 9.91. The van der Waals surface area contributed by atoms with Crippen LogP contribution in [-0.2, 0) is 23.6 Å². The number of hydrogen-bond donors (Lipinski definition) is 2. The van der Waals surface area contributed by atoms with Gasteiger partial charge in [0.2, 0.25) is 10.0 Å². The van der Waals surface area contributed by atoms with E-state index in [9.17, 15) is 8.42 Å². The quantitative estimate of drug-likeness (QED) is 0.794. The lowest BCUT2D eigenvalue weighted by atomic mass is 10.4. The Balaban J connectivity index is 2.15. The molecule has 0 amide bonds. The van der Waals surface area contributed by atoms with E-state index in [0.717, 1.165) is 0 Å². The van der Waals surface area contributed by atoms with Crippen molar-refractivity contribution in [3.8, 4) is 0 Å². The van der Waals surface area contributed by atoms with Crippen molar-refractivity contribution in [1.82, 2.24) is 19.7 Å². The summed E-state index contributed by atoms with van der Waals surface area (Å²) in [5.74, 6) is 0.386. The molecule has 2 aromatic rings. The van der Waals surface area contributed by atoms with Crippen molar-refractivity contribution in [2.75, 3.05) is 5.73 Å². The van der Waals surface area contributed by atoms with Gasteiger partial charge in [-0.3, -0.25) is 4.68 Å². The third-order valence-electron chi connectivity index (χ3n) is 2.22. The molecule has 2 heterocycles. The van der Waals surface area contributed by atoms with Gasteiger partial charge in [0, 0.05) is 19.3 Å². The van der Waals surface area contributed by atoms with Gasteiger partial charge in [0.25, 0.3) is 0 Å². The SMILES string of the molecule is Cc1cc(CNS(=O)(=O)c2cn(C)nc2N)on1. The first-order valence-corrected chi connectivity index (χ1v) is 6.58. The van der Waals surface area contributed by atoms with Crippen LogP contribution in [0.1, 0.15) is 11.5 Å². The molecule has 0 saturated heterocycles. The van der Waals surface area contributed by atoms with Gasteiger partial charge in [-0.25, -0.2) is 13.1 Å². The third kappa shape index (κ3) is 2.51. The molecule has 8 nitrogen and oxygen atoms in total. The molecule has 0 saturated carbocycles. The summed E-state index contributed by atoms with van der Waals surface area (Å²) in [6, 6.07) is 1.65. The van der Waals surface area contributed by atoms with Crippen molar-refractivity contribution >= 4 is 15.8 Å². The highest BCUT2D eigenvalue weighted by molar-refractivity contribution is 7.89. The van der Waals surface area contributed by atoms with Gasteiger partial charge < -0.3 is 10.3 Å². The molecule has 0 atom stereocenters. The highest BCUT2D eigenvalue weighted by Gasteiger charge is 2.20. The molecule has 0 aromatic carbocycles. The third-order valence-corrected chi connectivity index (χ3v) is 3.64. The Morgan fingerprint density at radius 2 is 2.28 bits per heavy atom. The minimum absolute atomic E-state index is 0.0114. The molecule has 2 aromatic heterocycles. The van der Waals surface area contributed by atoms with E-state index < -0.39 is 10.0 Å². The molecule has 98 valence electrons. The fourth-order valence-corrected chi connectivity index (χ4v) is 2.53. The van der Waals surface area contributed by atoms with E-state index >= 15 is 0 Å². The second-order valence-corrected chi connectivity index (χ2v) is 5.55. The Labute approximate surface area is 104 Å². The van der Waals surface area contributed by atoms with Gasteiger partial charge in [-0.2, -0.15) is 5.10 Å². The number of hydrogen-bond acceptors (Lipinski definition) is 6. The molecule has 18 heavy (non-hydrogen) atoms. The normalized spacial score (nSPS) is 11.9. The fourth-order valence-electron chi connectivity index (χ4n) is 1.43. The first kappa shape index (κ1) is 12.6. The summed E-state index contributed by atoms with van der Waals surface area (Å²) in [6.07, 6.45) is 1.34. The van der Waals surface area contributed by atoms with Crippen LogP contribution >= 0.6 is 0 Å². The van der Waals surface area contributed by atoms with Crippen LogP contribution in [0.5, 0.6) is 0 Å². The Bertz CT molecular complexity index is 658. The van der Waals surface area contributed by atoms with Gasteiger partial charge in [0.1, 0.15) is 4.90 Å². The summed E-state index contributed by atoms with van der Waals surface area (Å²) >= 11 is 0. The standard InChI is InChI=1S/C9H13N5O3S/c1-6-3-7(17-13-6)4-11-18(15,16)8-5-14(2)12-9(8)10/h3,5,11H,4H2,1-2H3,(H2,10,12). The van der Waals surface area contributed by atoms with Crippen molar-refractivity contribution in [3.05, 3.63) is 23.7 Å². The zero-order chi connectivity index (χ0) is 13.3. The van der Waals surface area contributed by atoms with Crippen LogP contribution in [0, 0.1) is 6.92 Å². The summed E-state index contributed by atoms with van der Waals surface area (Å²) < 4.78 is 32.5. The van der Waals surface area contributed by atoms with Gasteiger partial charge in [-0.1, -0.05) is 5.16 Å². The van der Waals surface area contributed by atoms with Crippen LogP contribution in [0.15, 0.2) is 21.7 Å². The van der Waals surface area contributed by atoms with Gasteiger partial charge in [0.05, 0.1) is 12.2 Å². The van der Waals surface area contributed by atoms with E-state index in [1.54, 1.807) is 20.0 Å². The number of nitrogens with one attached hydrogen (secondary N) is 1. The number of nitrogen functional groups attached to an aromatic ring is 1. The minimum atomic E-state index is -3.71. The average molecular weight is 271 g/mol. The molecular weight excluding hydrogens is 258 g/mol. The maximum atomic E-state index is 11.9. The van der Waals surface area contributed by atoms with E-state index in [4.69, 9.17) is 10.3 Å². The Kier molecular flexibility index (Phi) is 3.09. The Hall–Kier alpha value is -1.87. The van der Waals surface area contributed by atoms with Crippen LogP contribution in [0.3, 0.4) is 0 Å². The zero-order valence-corrected chi connectivity index (χ0v) is 10.7. The van der Waals surface area contributed by atoms with Crippen LogP contribution in [0.2, 0.25) is 0 Å². The average Bonchev–Trinajstić information content (AvgIpc) is 2.82. The highest BCUT2D eigenvalue weighted by atomic mass is 32.2. The summed E-state index contributed by atoms with van der Waals surface area (Å²) in [5.41, 5.74) is 6.20. The molecule has 3 N–H and O–H groups in total. The number of nitrogens with two attached hydrogens (primary N) is 1. The number of nitrogens with zero attached hydrogens (tertiary/aromatic N) is 3. The largest absolute Gasteiger partial charge is 0.381 e. The number of aryl methyl sites for hydroxylation is 2. The molecule has 0 bridgehead atoms. The van der Waals surface area contributed by atoms with Crippen LogP contribution in [-0.4, -0.2) is 23.4 Å². The lowest BCUT2D eigenvalue weighted by Gasteiger charge is -2.02. The van der Waals surface area contributed by atoms with Crippen molar-refractivity contribution in [2.45, 2.75) is 18.4 Å². The lowest BCUT2D eigenvalue weighted by Crippen LogP contribution is -2.23. The molecular formula is C9H13N5O3S. The maximum absolute atomic E-state index is 11.9. The molecule has 0 aliphatic rings. The molecule has 0 unspecified atom stereocenters. The van der Waals surface area contributed by atoms with Crippen LogP contribution < -0.4 is 10.5 Å². The summed E-state index contributed by atoms with van der Waals surface area (Å²) in [4.78, 5) is -0.0544. The van der Waals surface area contributed by atoms with Crippen molar-refractivity contribution in [3.63, 3.8) is 0 Å². The highest BCUT2D eigenvalue weighted by Crippen LogP contribution is 2.15. The summed E-state index contributed by atoms with van der Waals surface area (Å²) in [5, 5.41) is 7.44. The predicted octanol–water partition coefficient (Wildman–Crippen LogP) is -0.223. The number of aromatic nitrogens is 3. The van der Waals surface area contributed by atoms with Crippen molar-refractivity contribution < 1.29 is 12.9 Å². The van der Waals surface area contributed by atoms with E-state index in [2.05, 4.69) is 15.0 Å². The topological polar surface area (TPSA) is 116 Å². The molecule has 0 spiro atoms. The summed E-state index contributed by atoms with van der Waals surface area (Å²) in [7, 11) is -2.11. The van der Waals surface area contributed by atoms with Crippen molar-refractivity contribution in [1.29, 1.82) is 0 Å². The molecule has 0 fully saturated rings. The number of rotatable bonds is 4. The lowest BCUT2D eigenvalue weighted by molar-refractivity contribution is 0.377. The predicted molar refractivity (Wildman–Crippen MR) is 62.9 cm³/mol.